The summed E-state index contributed by atoms with van der Waals surface area (Å²) >= 11 is 5.92. The van der Waals surface area contributed by atoms with Crippen molar-refractivity contribution in [3.63, 3.8) is 0 Å². The number of hydrogen-bond donors (Lipinski definition) is 4. The summed E-state index contributed by atoms with van der Waals surface area (Å²) in [5, 5.41) is 18.8. The van der Waals surface area contributed by atoms with Crippen molar-refractivity contribution < 1.29 is 9.90 Å². The average Bonchev–Trinajstić information content (AvgIpc) is 2.77. The first-order chi connectivity index (χ1) is 8.59. The first-order valence-electron chi connectivity index (χ1n) is 5.82. The van der Waals surface area contributed by atoms with Crippen molar-refractivity contribution >= 4 is 23.3 Å². The minimum Gasteiger partial charge on any atom is -0.387 e. The molecule has 6 heteroatoms. The SMILES string of the molecule is O=C(NC[C@@]1(O)CCNC1)Nc1ccccc1Cl. The Morgan fingerprint density at radius 1 is 1.50 bits per heavy atom. The number of nitrogens with one attached hydrogen (secondary N) is 3. The summed E-state index contributed by atoms with van der Waals surface area (Å²) in [6.07, 6.45) is 0.638. The molecule has 0 saturated carbocycles. The van der Waals surface area contributed by atoms with Gasteiger partial charge in [-0.2, -0.15) is 0 Å². The molecule has 0 aromatic heterocycles. The van der Waals surface area contributed by atoms with Crippen LogP contribution in [0.1, 0.15) is 6.42 Å². The summed E-state index contributed by atoms with van der Waals surface area (Å²) in [5.74, 6) is 0. The van der Waals surface area contributed by atoms with Crippen molar-refractivity contribution in [1.82, 2.24) is 10.6 Å². The number of halogens is 1. The molecule has 0 unspecified atom stereocenters. The third kappa shape index (κ3) is 3.35. The zero-order chi connectivity index (χ0) is 13.0. The van der Waals surface area contributed by atoms with Gasteiger partial charge in [0.2, 0.25) is 0 Å². The second-order valence-electron chi connectivity index (χ2n) is 4.44. The fourth-order valence-electron chi connectivity index (χ4n) is 1.86. The third-order valence-corrected chi connectivity index (χ3v) is 3.25. The van der Waals surface area contributed by atoms with Gasteiger partial charge in [-0.15, -0.1) is 0 Å². The number of amides is 2. The predicted molar refractivity (Wildman–Crippen MR) is 70.9 cm³/mol. The molecule has 1 aliphatic rings. The Balaban J connectivity index is 1.84. The van der Waals surface area contributed by atoms with Gasteiger partial charge >= 0.3 is 6.03 Å². The van der Waals surface area contributed by atoms with E-state index in [4.69, 9.17) is 11.6 Å². The molecular formula is C12H16ClN3O2. The van der Waals surface area contributed by atoms with Gasteiger partial charge in [-0.25, -0.2) is 4.79 Å². The van der Waals surface area contributed by atoms with E-state index >= 15 is 0 Å². The molecule has 1 saturated heterocycles. The molecule has 0 bridgehead atoms. The van der Waals surface area contributed by atoms with E-state index in [2.05, 4.69) is 16.0 Å². The van der Waals surface area contributed by atoms with Gasteiger partial charge in [-0.3, -0.25) is 0 Å². The molecule has 0 radical (unpaired) electrons. The maximum atomic E-state index is 11.7. The summed E-state index contributed by atoms with van der Waals surface area (Å²) in [7, 11) is 0. The molecule has 1 fully saturated rings. The zero-order valence-electron chi connectivity index (χ0n) is 9.87. The number of hydrogen-bond acceptors (Lipinski definition) is 3. The van der Waals surface area contributed by atoms with Crippen molar-refractivity contribution in [3.05, 3.63) is 29.3 Å². The van der Waals surface area contributed by atoms with Crippen LogP contribution in [0.4, 0.5) is 10.5 Å². The van der Waals surface area contributed by atoms with Crippen LogP contribution < -0.4 is 16.0 Å². The fourth-order valence-corrected chi connectivity index (χ4v) is 2.04. The standard InChI is InChI=1S/C12H16ClN3O2/c13-9-3-1-2-4-10(9)16-11(17)15-8-12(18)5-6-14-7-12/h1-4,14,18H,5-8H2,(H2,15,16,17)/t12-/m1/s1. The van der Waals surface area contributed by atoms with Gasteiger partial charge in [-0.1, -0.05) is 23.7 Å². The summed E-state index contributed by atoms with van der Waals surface area (Å²) in [5.41, 5.74) is -0.300. The number of β-amino-alcohol motifs (C(OH)–C–C–N with tert-alkyl or cyclic N) is 1. The van der Waals surface area contributed by atoms with Crippen molar-refractivity contribution in [2.75, 3.05) is 25.0 Å². The van der Waals surface area contributed by atoms with E-state index in [0.717, 1.165) is 6.54 Å². The van der Waals surface area contributed by atoms with Gasteiger partial charge in [0, 0.05) is 13.1 Å². The highest BCUT2D eigenvalue weighted by atomic mass is 35.5. The molecule has 1 aromatic rings. The molecule has 2 amide bonds. The van der Waals surface area contributed by atoms with Crippen LogP contribution in [0.25, 0.3) is 0 Å². The van der Waals surface area contributed by atoms with Crippen LogP contribution in [0.2, 0.25) is 5.02 Å². The van der Waals surface area contributed by atoms with Crippen LogP contribution in [0.5, 0.6) is 0 Å². The topological polar surface area (TPSA) is 73.4 Å². The smallest absolute Gasteiger partial charge is 0.319 e. The normalized spacial score (nSPS) is 22.8. The first-order valence-corrected chi connectivity index (χ1v) is 6.19. The van der Waals surface area contributed by atoms with E-state index in [1.807, 2.05) is 0 Å². The van der Waals surface area contributed by atoms with E-state index in [0.29, 0.717) is 23.7 Å². The predicted octanol–water partition coefficient (Wildman–Crippen LogP) is 1.19. The van der Waals surface area contributed by atoms with E-state index in [-0.39, 0.29) is 12.6 Å². The molecule has 0 spiro atoms. The van der Waals surface area contributed by atoms with Crippen LogP contribution in [0.15, 0.2) is 24.3 Å². The van der Waals surface area contributed by atoms with Crippen molar-refractivity contribution in [1.29, 1.82) is 0 Å². The number of rotatable bonds is 3. The zero-order valence-corrected chi connectivity index (χ0v) is 10.6. The molecule has 4 N–H and O–H groups in total. The number of anilines is 1. The number of carbonyl (C=O) groups excluding carboxylic acids is 1. The maximum absolute atomic E-state index is 11.7. The lowest BCUT2D eigenvalue weighted by Gasteiger charge is -2.21. The molecule has 18 heavy (non-hydrogen) atoms. The van der Waals surface area contributed by atoms with E-state index in [1.54, 1.807) is 24.3 Å². The van der Waals surface area contributed by atoms with Crippen molar-refractivity contribution in [3.8, 4) is 0 Å². The van der Waals surface area contributed by atoms with Crippen LogP contribution in [-0.4, -0.2) is 36.4 Å². The van der Waals surface area contributed by atoms with E-state index < -0.39 is 5.60 Å². The van der Waals surface area contributed by atoms with Gasteiger partial charge in [0.05, 0.1) is 16.3 Å². The highest BCUT2D eigenvalue weighted by molar-refractivity contribution is 6.33. The van der Waals surface area contributed by atoms with Crippen LogP contribution >= 0.6 is 11.6 Å². The Labute approximate surface area is 111 Å². The number of carbonyl (C=O) groups is 1. The molecule has 98 valence electrons. The largest absolute Gasteiger partial charge is 0.387 e. The maximum Gasteiger partial charge on any atom is 0.319 e. The highest BCUT2D eigenvalue weighted by Gasteiger charge is 2.31. The Hall–Kier alpha value is -1.30. The lowest BCUT2D eigenvalue weighted by molar-refractivity contribution is 0.0640. The second-order valence-corrected chi connectivity index (χ2v) is 4.85. The minimum atomic E-state index is -0.849. The second kappa shape index (κ2) is 5.56. The molecular weight excluding hydrogens is 254 g/mol. The lowest BCUT2D eigenvalue weighted by atomic mass is 10.0. The molecule has 5 nitrogen and oxygen atoms in total. The summed E-state index contributed by atoms with van der Waals surface area (Å²) in [6.45, 7) is 1.49. The Morgan fingerprint density at radius 3 is 2.94 bits per heavy atom. The molecule has 1 atom stereocenters. The van der Waals surface area contributed by atoms with E-state index in [1.165, 1.54) is 0 Å². The summed E-state index contributed by atoms with van der Waals surface area (Å²) in [4.78, 5) is 11.7. The molecule has 1 aliphatic heterocycles. The number of aliphatic hydroxyl groups is 1. The number of para-hydroxylation sites is 1. The molecule has 1 heterocycles. The third-order valence-electron chi connectivity index (χ3n) is 2.92. The van der Waals surface area contributed by atoms with E-state index in [9.17, 15) is 9.90 Å². The summed E-state index contributed by atoms with van der Waals surface area (Å²) < 4.78 is 0. The Bertz CT molecular complexity index is 433. The van der Waals surface area contributed by atoms with Crippen LogP contribution in [0, 0.1) is 0 Å². The average molecular weight is 270 g/mol. The summed E-state index contributed by atoms with van der Waals surface area (Å²) in [6, 6.07) is 6.62. The van der Waals surface area contributed by atoms with Gasteiger partial charge in [-0.05, 0) is 25.1 Å². The first kappa shape index (κ1) is 13.1. The van der Waals surface area contributed by atoms with Gasteiger partial charge in [0.1, 0.15) is 0 Å². The minimum absolute atomic E-state index is 0.219. The molecule has 2 rings (SSSR count). The van der Waals surface area contributed by atoms with Crippen LogP contribution in [-0.2, 0) is 0 Å². The quantitative estimate of drug-likeness (QED) is 0.666. The van der Waals surface area contributed by atoms with Gasteiger partial charge < -0.3 is 21.1 Å². The fraction of sp³-hybridized carbons (Fsp3) is 0.417. The lowest BCUT2D eigenvalue weighted by Crippen LogP contribution is -2.45. The monoisotopic (exact) mass is 269 g/mol. The number of benzene rings is 1. The number of urea groups is 1. The van der Waals surface area contributed by atoms with Gasteiger partial charge in [0.25, 0.3) is 0 Å². The van der Waals surface area contributed by atoms with Crippen LogP contribution in [0.3, 0.4) is 0 Å². The highest BCUT2D eigenvalue weighted by Crippen LogP contribution is 2.20. The van der Waals surface area contributed by atoms with Gasteiger partial charge in [0.15, 0.2) is 0 Å². The Kier molecular flexibility index (Phi) is 4.06. The molecule has 1 aromatic carbocycles. The van der Waals surface area contributed by atoms with Crippen molar-refractivity contribution in [2.45, 2.75) is 12.0 Å². The Morgan fingerprint density at radius 2 is 2.28 bits per heavy atom. The van der Waals surface area contributed by atoms with Crippen molar-refractivity contribution in [2.24, 2.45) is 0 Å². The molecule has 0 aliphatic carbocycles.